The first-order valence-corrected chi connectivity index (χ1v) is 13.0. The molecule has 0 saturated carbocycles. The number of amides is 2. The molecule has 4 rings (SSSR count). The van der Waals surface area contributed by atoms with Crippen LogP contribution in [0.4, 0.5) is 4.79 Å². The van der Waals surface area contributed by atoms with Gasteiger partial charge in [-0.3, -0.25) is 9.59 Å². The fourth-order valence-electron chi connectivity index (χ4n) is 5.27. The third-order valence-corrected chi connectivity index (χ3v) is 7.55. The molecule has 198 valence electrons. The van der Waals surface area contributed by atoms with Crippen molar-refractivity contribution in [2.24, 2.45) is 5.41 Å². The van der Waals surface area contributed by atoms with E-state index in [1.165, 1.54) is 4.90 Å². The highest BCUT2D eigenvalue weighted by atomic mass is 16.5. The number of alkyl carbamates (subject to hydrolysis) is 1. The van der Waals surface area contributed by atoms with Crippen LogP contribution in [0, 0.1) is 5.41 Å². The van der Waals surface area contributed by atoms with Gasteiger partial charge in [-0.1, -0.05) is 92.7 Å². The molecule has 7 nitrogen and oxygen atoms in total. The molecule has 0 atom stereocenters. The molecule has 7 heteroatoms. The Morgan fingerprint density at radius 2 is 1.42 bits per heavy atom. The van der Waals surface area contributed by atoms with Crippen LogP contribution in [0.15, 0.2) is 78.9 Å². The maximum absolute atomic E-state index is 13.7. The van der Waals surface area contributed by atoms with Gasteiger partial charge in [0.2, 0.25) is 5.91 Å². The molecule has 0 saturated heterocycles. The molecule has 0 fully saturated rings. The second-order valence-corrected chi connectivity index (χ2v) is 9.71. The Balaban J connectivity index is 1.43. The molecule has 3 aromatic rings. The second-order valence-electron chi connectivity index (χ2n) is 9.71. The van der Waals surface area contributed by atoms with Gasteiger partial charge in [-0.05, 0) is 40.7 Å². The number of fused-ring (bicyclic) bond motifs is 3. The summed E-state index contributed by atoms with van der Waals surface area (Å²) in [5.41, 5.74) is 4.44. The molecular weight excluding hydrogens is 480 g/mol. The van der Waals surface area contributed by atoms with Gasteiger partial charge >= 0.3 is 12.1 Å². The van der Waals surface area contributed by atoms with Gasteiger partial charge in [-0.2, -0.15) is 0 Å². The highest BCUT2D eigenvalue weighted by molar-refractivity contribution is 5.86. The number of nitrogens with one attached hydrogen (secondary N) is 1. The zero-order chi connectivity index (χ0) is 27.1. The summed E-state index contributed by atoms with van der Waals surface area (Å²) in [6, 6.07) is 25.5. The molecule has 0 bridgehead atoms. The van der Waals surface area contributed by atoms with Crippen LogP contribution < -0.4 is 5.32 Å². The Hall–Kier alpha value is -4.13. The van der Waals surface area contributed by atoms with Crippen LogP contribution in [0.5, 0.6) is 0 Å². The van der Waals surface area contributed by atoms with E-state index < -0.39 is 24.0 Å². The molecule has 2 amide bonds. The summed E-state index contributed by atoms with van der Waals surface area (Å²) in [6.45, 7) is 3.75. The molecule has 2 N–H and O–H groups in total. The number of nitrogens with zero attached hydrogens (tertiary/aromatic N) is 1. The van der Waals surface area contributed by atoms with E-state index in [2.05, 4.69) is 29.6 Å². The van der Waals surface area contributed by atoms with Crippen molar-refractivity contribution in [1.29, 1.82) is 0 Å². The summed E-state index contributed by atoms with van der Waals surface area (Å²) in [5.74, 6) is -1.44. The summed E-state index contributed by atoms with van der Waals surface area (Å²) < 4.78 is 5.66. The van der Waals surface area contributed by atoms with Gasteiger partial charge in [0.25, 0.3) is 0 Å². The first-order valence-electron chi connectivity index (χ1n) is 13.0. The van der Waals surface area contributed by atoms with Gasteiger partial charge in [-0.25, -0.2) is 4.79 Å². The number of carbonyl (C=O) groups is 3. The molecule has 3 aromatic carbocycles. The lowest BCUT2D eigenvalue weighted by molar-refractivity contribution is -0.150. The number of rotatable bonds is 11. The molecule has 0 aliphatic heterocycles. The van der Waals surface area contributed by atoms with Gasteiger partial charge in [0.1, 0.15) is 13.2 Å². The number of benzene rings is 3. The second kappa shape index (κ2) is 11.9. The standard InChI is InChI=1S/C31H34N2O5/c1-3-31(4-2,29(36)33(19-28(34)35)18-22-12-6-5-7-13-22)21-32-30(37)38-20-27-25-16-10-8-14-23(25)24-15-9-11-17-26(24)27/h5-17,27H,3-4,18-21H2,1-2H3,(H,32,37)(H,34,35). The van der Waals surface area contributed by atoms with Gasteiger partial charge in [-0.15, -0.1) is 0 Å². The van der Waals surface area contributed by atoms with Crippen LogP contribution in [0.3, 0.4) is 0 Å². The van der Waals surface area contributed by atoms with Crippen molar-refractivity contribution in [2.45, 2.75) is 39.2 Å². The molecule has 1 aliphatic rings. The Bertz CT molecular complexity index is 1240. The summed E-state index contributed by atoms with van der Waals surface area (Å²) in [5, 5.41) is 12.3. The zero-order valence-corrected chi connectivity index (χ0v) is 21.9. The molecule has 38 heavy (non-hydrogen) atoms. The summed E-state index contributed by atoms with van der Waals surface area (Å²) in [7, 11) is 0. The topological polar surface area (TPSA) is 95.9 Å². The Labute approximate surface area is 223 Å². The third-order valence-electron chi connectivity index (χ3n) is 7.55. The van der Waals surface area contributed by atoms with Gasteiger partial charge in [0.15, 0.2) is 0 Å². The van der Waals surface area contributed by atoms with Crippen LogP contribution in [0.2, 0.25) is 0 Å². The highest BCUT2D eigenvalue weighted by Crippen LogP contribution is 2.44. The van der Waals surface area contributed by atoms with Crippen molar-refractivity contribution in [3.8, 4) is 11.1 Å². The lowest BCUT2D eigenvalue weighted by atomic mass is 9.80. The van der Waals surface area contributed by atoms with E-state index in [1.807, 2.05) is 68.4 Å². The maximum Gasteiger partial charge on any atom is 0.407 e. The van der Waals surface area contributed by atoms with Crippen LogP contribution >= 0.6 is 0 Å². The minimum absolute atomic E-state index is 0.0560. The van der Waals surface area contributed by atoms with Crippen LogP contribution in [0.1, 0.15) is 49.3 Å². The van der Waals surface area contributed by atoms with Crippen molar-refractivity contribution < 1.29 is 24.2 Å². The molecule has 0 radical (unpaired) electrons. The molecule has 0 spiro atoms. The first-order chi connectivity index (χ1) is 18.4. The van der Waals surface area contributed by atoms with Crippen LogP contribution in [0.25, 0.3) is 11.1 Å². The maximum atomic E-state index is 13.7. The third kappa shape index (κ3) is 5.72. The molecule has 0 heterocycles. The average molecular weight is 515 g/mol. The fraction of sp³-hybridized carbons (Fsp3) is 0.323. The largest absolute Gasteiger partial charge is 0.480 e. The van der Waals surface area contributed by atoms with E-state index in [9.17, 15) is 19.5 Å². The predicted octanol–water partition coefficient (Wildman–Crippen LogP) is 5.44. The normalized spacial score (nSPS) is 12.4. The summed E-state index contributed by atoms with van der Waals surface area (Å²) >= 11 is 0. The average Bonchev–Trinajstić information content (AvgIpc) is 3.26. The Morgan fingerprint density at radius 3 is 1.97 bits per heavy atom. The Morgan fingerprint density at radius 1 is 0.868 bits per heavy atom. The van der Waals surface area contributed by atoms with Gasteiger partial charge < -0.3 is 20.1 Å². The van der Waals surface area contributed by atoms with E-state index in [4.69, 9.17) is 4.74 Å². The lowest BCUT2D eigenvalue weighted by Crippen LogP contribution is -2.50. The lowest BCUT2D eigenvalue weighted by Gasteiger charge is -2.35. The van der Waals surface area contributed by atoms with Crippen molar-refractivity contribution in [3.63, 3.8) is 0 Å². The van der Waals surface area contributed by atoms with E-state index >= 15 is 0 Å². The number of hydrogen-bond acceptors (Lipinski definition) is 4. The summed E-state index contributed by atoms with van der Waals surface area (Å²) in [4.78, 5) is 39.4. The minimum Gasteiger partial charge on any atom is -0.480 e. The smallest absolute Gasteiger partial charge is 0.407 e. The number of ether oxygens (including phenoxy) is 1. The fourth-order valence-corrected chi connectivity index (χ4v) is 5.27. The molecule has 1 aliphatic carbocycles. The number of carboxylic acid groups (broad SMARTS) is 1. The van der Waals surface area contributed by atoms with Gasteiger partial charge in [0.05, 0.1) is 5.41 Å². The monoisotopic (exact) mass is 514 g/mol. The predicted molar refractivity (Wildman–Crippen MR) is 146 cm³/mol. The number of hydrogen-bond donors (Lipinski definition) is 2. The van der Waals surface area contributed by atoms with Crippen molar-refractivity contribution >= 4 is 18.0 Å². The van der Waals surface area contributed by atoms with Crippen molar-refractivity contribution in [2.75, 3.05) is 19.7 Å². The van der Waals surface area contributed by atoms with E-state index in [0.29, 0.717) is 12.8 Å². The molecule has 0 aromatic heterocycles. The Kier molecular flexibility index (Phi) is 8.46. The zero-order valence-electron chi connectivity index (χ0n) is 21.9. The van der Waals surface area contributed by atoms with Crippen LogP contribution in [-0.2, 0) is 20.9 Å². The number of carboxylic acids is 1. The van der Waals surface area contributed by atoms with Gasteiger partial charge in [0, 0.05) is 19.0 Å². The SMILES string of the molecule is CCC(CC)(CNC(=O)OCC1c2ccccc2-c2ccccc21)C(=O)N(CC(=O)O)Cc1ccccc1. The highest BCUT2D eigenvalue weighted by Gasteiger charge is 2.39. The first kappa shape index (κ1) is 26.9. The molecule has 0 unspecified atom stereocenters. The van der Waals surface area contributed by atoms with E-state index in [-0.39, 0.29) is 31.5 Å². The van der Waals surface area contributed by atoms with E-state index in [1.54, 1.807) is 0 Å². The van der Waals surface area contributed by atoms with Crippen LogP contribution in [-0.4, -0.2) is 47.7 Å². The van der Waals surface area contributed by atoms with E-state index in [0.717, 1.165) is 27.8 Å². The molecular formula is C31H34N2O5. The van der Waals surface area contributed by atoms with Crippen molar-refractivity contribution in [1.82, 2.24) is 10.2 Å². The minimum atomic E-state index is -1.08. The quantitative estimate of drug-likeness (QED) is 0.355. The summed E-state index contributed by atoms with van der Waals surface area (Å²) in [6.07, 6.45) is 0.284. The number of carbonyl (C=O) groups excluding carboxylic acids is 2. The number of aliphatic carboxylic acids is 1. The van der Waals surface area contributed by atoms with Crippen molar-refractivity contribution in [3.05, 3.63) is 95.6 Å².